The first-order valence-electron chi connectivity index (χ1n) is 7.00. The van der Waals surface area contributed by atoms with Crippen molar-refractivity contribution in [3.63, 3.8) is 0 Å². The van der Waals surface area contributed by atoms with Gasteiger partial charge in [-0.2, -0.15) is 0 Å². The van der Waals surface area contributed by atoms with Crippen LogP contribution in [0.1, 0.15) is 45.4 Å². The van der Waals surface area contributed by atoms with E-state index in [9.17, 15) is 14.4 Å². The van der Waals surface area contributed by atoms with Crippen molar-refractivity contribution in [2.24, 2.45) is 11.7 Å². The molecule has 0 bridgehead atoms. The molecule has 0 heterocycles. The van der Waals surface area contributed by atoms with Gasteiger partial charge in [0.2, 0.25) is 5.91 Å². The Labute approximate surface area is 118 Å². The lowest BCUT2D eigenvalue weighted by molar-refractivity contribution is -0.140. The molecular formula is C13H23N3O4. The van der Waals surface area contributed by atoms with E-state index >= 15 is 0 Å². The van der Waals surface area contributed by atoms with Crippen LogP contribution in [0, 0.1) is 5.92 Å². The predicted molar refractivity (Wildman–Crippen MR) is 72.9 cm³/mol. The fourth-order valence-corrected chi connectivity index (χ4v) is 2.58. The number of nitrogens with one attached hydrogen (secondary N) is 2. The number of primary amides is 1. The Morgan fingerprint density at radius 1 is 1.35 bits per heavy atom. The lowest BCUT2D eigenvalue weighted by Crippen LogP contribution is -2.50. The molecule has 0 spiro atoms. The van der Waals surface area contributed by atoms with E-state index in [2.05, 4.69) is 17.6 Å². The largest absolute Gasteiger partial charge is 0.480 e. The molecule has 7 heteroatoms. The maximum Gasteiger partial charge on any atom is 0.326 e. The molecule has 0 aromatic carbocycles. The molecular weight excluding hydrogens is 262 g/mol. The zero-order chi connectivity index (χ0) is 15.1. The number of carboxylic acids is 1. The number of carboxylic acid groups (broad SMARTS) is 1. The van der Waals surface area contributed by atoms with Gasteiger partial charge in [0.1, 0.15) is 6.04 Å². The summed E-state index contributed by atoms with van der Waals surface area (Å²) in [7, 11) is 0. The van der Waals surface area contributed by atoms with Gasteiger partial charge in [0.25, 0.3) is 0 Å². The number of hydrogen-bond acceptors (Lipinski definition) is 3. The fraction of sp³-hybridized carbons (Fsp3) is 0.769. The monoisotopic (exact) mass is 285 g/mol. The fourth-order valence-electron chi connectivity index (χ4n) is 2.58. The number of urea groups is 1. The second kappa shape index (κ2) is 7.72. The molecule has 0 aromatic rings. The van der Waals surface area contributed by atoms with Gasteiger partial charge in [-0.05, 0) is 18.8 Å². The average Bonchev–Trinajstić information content (AvgIpc) is 2.37. The minimum atomic E-state index is -1.28. The number of amides is 3. The summed E-state index contributed by atoms with van der Waals surface area (Å²) in [6.07, 6.45) is 4.72. The van der Waals surface area contributed by atoms with E-state index < -0.39 is 30.4 Å². The van der Waals surface area contributed by atoms with Crippen LogP contribution in [0.15, 0.2) is 0 Å². The smallest absolute Gasteiger partial charge is 0.326 e. The number of carbonyl (C=O) groups is 3. The molecule has 114 valence electrons. The molecule has 1 aliphatic carbocycles. The average molecular weight is 285 g/mol. The standard InChI is InChI=1S/C13H23N3O4/c1-2-8-4-3-5-9(6-8)15-13(20)16-10(12(18)19)7-11(14)17/h8-10H,2-7H2,1H3,(H2,14,17)(H,18,19)(H2,15,16,20)/t8?,9?,10-/m1/s1. The Balaban J connectivity index is 2.44. The first kappa shape index (κ1) is 16.3. The summed E-state index contributed by atoms with van der Waals surface area (Å²) < 4.78 is 0. The van der Waals surface area contributed by atoms with Crippen LogP contribution < -0.4 is 16.4 Å². The number of nitrogens with two attached hydrogens (primary N) is 1. The molecule has 1 saturated carbocycles. The highest BCUT2D eigenvalue weighted by molar-refractivity contribution is 5.87. The lowest BCUT2D eigenvalue weighted by atomic mass is 9.84. The number of aliphatic carboxylic acids is 1. The van der Waals surface area contributed by atoms with Gasteiger partial charge >= 0.3 is 12.0 Å². The van der Waals surface area contributed by atoms with Crippen molar-refractivity contribution in [1.82, 2.24) is 10.6 Å². The number of carbonyl (C=O) groups excluding carboxylic acids is 2. The number of rotatable bonds is 6. The lowest BCUT2D eigenvalue weighted by Gasteiger charge is -2.29. The summed E-state index contributed by atoms with van der Waals surface area (Å²) >= 11 is 0. The molecule has 20 heavy (non-hydrogen) atoms. The van der Waals surface area contributed by atoms with Gasteiger partial charge in [-0.15, -0.1) is 0 Å². The van der Waals surface area contributed by atoms with Crippen LogP contribution in [0.25, 0.3) is 0 Å². The van der Waals surface area contributed by atoms with E-state index in [4.69, 9.17) is 10.8 Å². The molecule has 2 unspecified atom stereocenters. The second-order valence-corrected chi connectivity index (χ2v) is 5.32. The Morgan fingerprint density at radius 2 is 2.05 bits per heavy atom. The van der Waals surface area contributed by atoms with Crippen molar-refractivity contribution >= 4 is 17.9 Å². The highest BCUT2D eigenvalue weighted by Gasteiger charge is 2.25. The highest BCUT2D eigenvalue weighted by Crippen LogP contribution is 2.26. The van der Waals surface area contributed by atoms with Crippen LogP contribution in [-0.4, -0.2) is 35.1 Å². The predicted octanol–water partition coefficient (Wildman–Crippen LogP) is 0.583. The van der Waals surface area contributed by atoms with Gasteiger partial charge in [-0.25, -0.2) is 9.59 Å². The molecule has 1 aliphatic rings. The van der Waals surface area contributed by atoms with Gasteiger partial charge in [0.05, 0.1) is 6.42 Å². The molecule has 1 fully saturated rings. The van der Waals surface area contributed by atoms with Crippen LogP contribution in [0.2, 0.25) is 0 Å². The third kappa shape index (κ3) is 5.46. The third-order valence-corrected chi connectivity index (χ3v) is 3.70. The van der Waals surface area contributed by atoms with E-state index in [1.165, 1.54) is 6.42 Å². The van der Waals surface area contributed by atoms with Crippen molar-refractivity contribution in [2.45, 2.75) is 57.5 Å². The van der Waals surface area contributed by atoms with E-state index in [0.717, 1.165) is 25.7 Å². The minimum Gasteiger partial charge on any atom is -0.480 e. The molecule has 5 N–H and O–H groups in total. The first-order chi connectivity index (χ1) is 9.42. The molecule has 0 aromatic heterocycles. The summed E-state index contributed by atoms with van der Waals surface area (Å²) in [6.45, 7) is 2.13. The Morgan fingerprint density at radius 3 is 2.60 bits per heavy atom. The third-order valence-electron chi connectivity index (χ3n) is 3.70. The second-order valence-electron chi connectivity index (χ2n) is 5.32. The van der Waals surface area contributed by atoms with Crippen LogP contribution >= 0.6 is 0 Å². The summed E-state index contributed by atoms with van der Waals surface area (Å²) in [5, 5.41) is 14.0. The summed E-state index contributed by atoms with van der Waals surface area (Å²) in [5.74, 6) is -1.43. The summed E-state index contributed by atoms with van der Waals surface area (Å²) in [4.78, 5) is 33.4. The van der Waals surface area contributed by atoms with Gasteiger partial charge < -0.3 is 21.5 Å². The van der Waals surface area contributed by atoms with Crippen molar-refractivity contribution in [3.8, 4) is 0 Å². The van der Waals surface area contributed by atoms with Gasteiger partial charge in [0, 0.05) is 6.04 Å². The van der Waals surface area contributed by atoms with E-state index in [1.54, 1.807) is 0 Å². The van der Waals surface area contributed by atoms with Crippen LogP contribution in [-0.2, 0) is 9.59 Å². The van der Waals surface area contributed by atoms with E-state index in [0.29, 0.717) is 5.92 Å². The van der Waals surface area contributed by atoms with Gasteiger partial charge in [-0.3, -0.25) is 4.79 Å². The normalized spacial score (nSPS) is 23.6. The zero-order valence-electron chi connectivity index (χ0n) is 11.7. The van der Waals surface area contributed by atoms with Crippen molar-refractivity contribution in [2.75, 3.05) is 0 Å². The Bertz CT molecular complexity index is 373. The SMILES string of the molecule is CCC1CCCC(NC(=O)N[C@H](CC(N)=O)C(=O)O)C1. The first-order valence-corrected chi connectivity index (χ1v) is 7.00. The Hall–Kier alpha value is -1.79. The molecule has 0 saturated heterocycles. The van der Waals surface area contributed by atoms with Gasteiger partial charge in [0.15, 0.2) is 0 Å². The molecule has 7 nitrogen and oxygen atoms in total. The van der Waals surface area contributed by atoms with Crippen molar-refractivity contribution in [1.29, 1.82) is 0 Å². The maximum atomic E-state index is 11.8. The summed E-state index contributed by atoms with van der Waals surface area (Å²) in [6, 6.07) is -1.77. The van der Waals surface area contributed by atoms with Gasteiger partial charge in [-0.1, -0.05) is 26.2 Å². The number of hydrogen-bond donors (Lipinski definition) is 4. The Kier molecular flexibility index (Phi) is 6.27. The van der Waals surface area contributed by atoms with Crippen LogP contribution in [0.3, 0.4) is 0 Å². The summed E-state index contributed by atoms with van der Waals surface area (Å²) in [5.41, 5.74) is 4.95. The molecule has 0 radical (unpaired) electrons. The topological polar surface area (TPSA) is 122 Å². The minimum absolute atomic E-state index is 0.0664. The molecule has 3 amide bonds. The maximum absolute atomic E-state index is 11.8. The molecule has 0 aliphatic heterocycles. The molecule has 3 atom stereocenters. The van der Waals surface area contributed by atoms with Crippen molar-refractivity contribution < 1.29 is 19.5 Å². The van der Waals surface area contributed by atoms with Crippen LogP contribution in [0.4, 0.5) is 4.79 Å². The van der Waals surface area contributed by atoms with Crippen molar-refractivity contribution in [3.05, 3.63) is 0 Å². The quantitative estimate of drug-likeness (QED) is 0.570. The van der Waals surface area contributed by atoms with E-state index in [-0.39, 0.29) is 6.04 Å². The van der Waals surface area contributed by atoms with E-state index in [1.807, 2.05) is 0 Å². The molecule has 1 rings (SSSR count). The highest BCUT2D eigenvalue weighted by atomic mass is 16.4. The zero-order valence-corrected chi connectivity index (χ0v) is 11.7. The van der Waals surface area contributed by atoms with Crippen LogP contribution in [0.5, 0.6) is 0 Å².